The second kappa shape index (κ2) is 8.39. The molecule has 0 spiro atoms. The molecule has 1 amide bonds. The number of carbonyl (C=O) groups excluding carboxylic acids is 1. The summed E-state index contributed by atoms with van der Waals surface area (Å²) in [4.78, 5) is 17.6. The number of nitrogens with zero attached hydrogens (tertiary/aromatic N) is 1. The second-order valence-electron chi connectivity index (χ2n) is 6.80. The van der Waals surface area contributed by atoms with Crippen LogP contribution in [-0.4, -0.2) is 42.6 Å². The van der Waals surface area contributed by atoms with Crippen LogP contribution in [0.2, 0.25) is 10.0 Å². The standard InChI is InChI=1S/C22H20Cl2N2O3/c1-28-15-3-5-21-17(10-15)18(12-25-21)14-6-8-26(9-7-14)22(27)13-29-16-2-4-19(23)20(24)11-16/h2-6,10-12,25H,7-9,13H2,1H3. The van der Waals surface area contributed by atoms with Crippen molar-refractivity contribution >= 4 is 45.6 Å². The van der Waals surface area contributed by atoms with Gasteiger partial charge in [-0.15, -0.1) is 0 Å². The van der Waals surface area contributed by atoms with Crippen LogP contribution in [0.15, 0.2) is 48.7 Å². The van der Waals surface area contributed by atoms with E-state index in [1.807, 2.05) is 24.4 Å². The van der Waals surface area contributed by atoms with Gasteiger partial charge in [-0.1, -0.05) is 29.3 Å². The molecule has 1 aliphatic heterocycles. The van der Waals surface area contributed by atoms with E-state index < -0.39 is 0 Å². The first-order chi connectivity index (χ1) is 14.0. The zero-order valence-electron chi connectivity index (χ0n) is 15.9. The Morgan fingerprint density at radius 1 is 1.14 bits per heavy atom. The molecular formula is C22H20Cl2N2O3. The van der Waals surface area contributed by atoms with Crippen molar-refractivity contribution in [1.29, 1.82) is 0 Å². The van der Waals surface area contributed by atoms with E-state index in [0.717, 1.165) is 28.6 Å². The van der Waals surface area contributed by atoms with E-state index in [1.165, 1.54) is 5.57 Å². The van der Waals surface area contributed by atoms with Crippen LogP contribution in [0, 0.1) is 0 Å². The summed E-state index contributed by atoms with van der Waals surface area (Å²) in [6, 6.07) is 10.9. The summed E-state index contributed by atoms with van der Waals surface area (Å²) in [6.07, 6.45) is 4.89. The summed E-state index contributed by atoms with van der Waals surface area (Å²) in [5, 5.41) is 1.98. The number of benzene rings is 2. The molecule has 5 nitrogen and oxygen atoms in total. The summed E-state index contributed by atoms with van der Waals surface area (Å²) < 4.78 is 10.9. The van der Waals surface area contributed by atoms with Gasteiger partial charge < -0.3 is 19.4 Å². The quantitative estimate of drug-likeness (QED) is 0.606. The van der Waals surface area contributed by atoms with Gasteiger partial charge in [-0.2, -0.15) is 0 Å². The molecule has 1 N–H and O–H groups in total. The number of hydrogen-bond donors (Lipinski definition) is 1. The number of methoxy groups -OCH3 is 1. The smallest absolute Gasteiger partial charge is 0.260 e. The van der Waals surface area contributed by atoms with E-state index >= 15 is 0 Å². The number of hydrogen-bond acceptors (Lipinski definition) is 3. The van der Waals surface area contributed by atoms with Gasteiger partial charge in [-0.05, 0) is 42.3 Å². The zero-order valence-corrected chi connectivity index (χ0v) is 17.4. The second-order valence-corrected chi connectivity index (χ2v) is 7.61. The largest absolute Gasteiger partial charge is 0.497 e. The van der Waals surface area contributed by atoms with Gasteiger partial charge in [-0.3, -0.25) is 4.79 Å². The van der Waals surface area contributed by atoms with Crippen LogP contribution >= 0.6 is 23.2 Å². The van der Waals surface area contributed by atoms with E-state index in [4.69, 9.17) is 32.7 Å². The molecule has 0 radical (unpaired) electrons. The fourth-order valence-electron chi connectivity index (χ4n) is 3.44. The van der Waals surface area contributed by atoms with Crippen LogP contribution in [0.3, 0.4) is 0 Å². The van der Waals surface area contributed by atoms with Gasteiger partial charge in [0.15, 0.2) is 6.61 Å². The first-order valence-corrected chi connectivity index (χ1v) is 10.0. The predicted molar refractivity (Wildman–Crippen MR) is 116 cm³/mol. The molecule has 0 fully saturated rings. The highest BCUT2D eigenvalue weighted by Gasteiger charge is 2.20. The molecule has 29 heavy (non-hydrogen) atoms. The van der Waals surface area contributed by atoms with E-state index in [9.17, 15) is 4.79 Å². The summed E-state index contributed by atoms with van der Waals surface area (Å²) >= 11 is 11.9. The van der Waals surface area contributed by atoms with E-state index in [1.54, 1.807) is 30.2 Å². The molecule has 0 bridgehead atoms. The van der Waals surface area contributed by atoms with Crippen molar-refractivity contribution in [3.8, 4) is 11.5 Å². The van der Waals surface area contributed by atoms with Crippen LogP contribution in [0.1, 0.15) is 12.0 Å². The Kier molecular flexibility index (Phi) is 5.69. The third kappa shape index (κ3) is 4.21. The molecule has 2 heterocycles. The molecule has 7 heteroatoms. The van der Waals surface area contributed by atoms with Crippen molar-refractivity contribution in [3.05, 3.63) is 64.3 Å². The third-order valence-electron chi connectivity index (χ3n) is 5.05. The van der Waals surface area contributed by atoms with Gasteiger partial charge in [0.25, 0.3) is 5.91 Å². The van der Waals surface area contributed by atoms with Crippen molar-refractivity contribution < 1.29 is 14.3 Å². The molecule has 3 aromatic rings. The molecule has 0 saturated carbocycles. The van der Waals surface area contributed by atoms with Crippen molar-refractivity contribution in [2.24, 2.45) is 0 Å². The predicted octanol–water partition coefficient (Wildman–Crippen LogP) is 5.18. The van der Waals surface area contributed by atoms with E-state index in [-0.39, 0.29) is 12.5 Å². The average Bonchev–Trinajstić information content (AvgIpc) is 3.17. The number of H-pyrrole nitrogens is 1. The summed E-state index contributed by atoms with van der Waals surface area (Å²) in [5.41, 5.74) is 3.44. The van der Waals surface area contributed by atoms with Crippen molar-refractivity contribution in [2.45, 2.75) is 6.42 Å². The minimum absolute atomic E-state index is 0.0363. The Balaban J connectivity index is 1.41. The number of aromatic amines is 1. The lowest BCUT2D eigenvalue weighted by molar-refractivity contribution is -0.132. The SMILES string of the molecule is COc1ccc2[nH]cc(C3=CCN(C(=O)COc4ccc(Cl)c(Cl)c4)CC3)c2c1. The van der Waals surface area contributed by atoms with Crippen LogP contribution in [0.4, 0.5) is 0 Å². The highest BCUT2D eigenvalue weighted by molar-refractivity contribution is 6.42. The van der Waals surface area contributed by atoms with Gasteiger partial charge in [0.2, 0.25) is 0 Å². The highest BCUT2D eigenvalue weighted by Crippen LogP contribution is 2.31. The minimum atomic E-state index is -0.0630. The molecule has 0 saturated heterocycles. The fourth-order valence-corrected chi connectivity index (χ4v) is 3.72. The van der Waals surface area contributed by atoms with Crippen LogP contribution in [0.25, 0.3) is 16.5 Å². The zero-order chi connectivity index (χ0) is 20.4. The van der Waals surface area contributed by atoms with Crippen molar-refractivity contribution in [1.82, 2.24) is 9.88 Å². The number of aromatic nitrogens is 1. The molecule has 4 rings (SSSR count). The van der Waals surface area contributed by atoms with Crippen LogP contribution in [0.5, 0.6) is 11.5 Å². The lowest BCUT2D eigenvalue weighted by Crippen LogP contribution is -2.37. The molecule has 150 valence electrons. The normalized spacial score (nSPS) is 14.0. The number of ether oxygens (including phenoxy) is 2. The maximum absolute atomic E-state index is 12.5. The first kappa shape index (κ1) is 19.7. The third-order valence-corrected chi connectivity index (χ3v) is 5.79. The number of carbonyl (C=O) groups is 1. The van der Waals surface area contributed by atoms with Crippen molar-refractivity contribution in [2.75, 3.05) is 26.8 Å². The maximum Gasteiger partial charge on any atom is 0.260 e. The van der Waals surface area contributed by atoms with Crippen LogP contribution < -0.4 is 9.47 Å². The van der Waals surface area contributed by atoms with Gasteiger partial charge in [0.1, 0.15) is 11.5 Å². The molecule has 0 atom stereocenters. The Labute approximate surface area is 178 Å². The summed E-state index contributed by atoms with van der Waals surface area (Å²) in [5.74, 6) is 1.28. The molecule has 1 aliphatic rings. The van der Waals surface area contributed by atoms with Gasteiger partial charge >= 0.3 is 0 Å². The van der Waals surface area contributed by atoms with E-state index in [2.05, 4.69) is 11.1 Å². The van der Waals surface area contributed by atoms with Gasteiger partial charge in [0, 0.05) is 41.8 Å². The molecule has 1 aromatic heterocycles. The average molecular weight is 431 g/mol. The number of rotatable bonds is 5. The molecule has 2 aromatic carbocycles. The molecular weight excluding hydrogens is 411 g/mol. The van der Waals surface area contributed by atoms with E-state index in [0.29, 0.717) is 28.9 Å². The Hall–Kier alpha value is -2.63. The first-order valence-electron chi connectivity index (χ1n) is 9.25. The molecule has 0 aliphatic carbocycles. The maximum atomic E-state index is 12.5. The minimum Gasteiger partial charge on any atom is -0.497 e. The number of halogens is 2. The molecule has 0 unspecified atom stereocenters. The fraction of sp³-hybridized carbons (Fsp3) is 0.227. The Morgan fingerprint density at radius 3 is 2.69 bits per heavy atom. The Morgan fingerprint density at radius 2 is 1.97 bits per heavy atom. The lowest BCUT2D eigenvalue weighted by atomic mass is 9.99. The summed E-state index contributed by atoms with van der Waals surface area (Å²) in [6.45, 7) is 1.16. The van der Waals surface area contributed by atoms with Gasteiger partial charge in [-0.25, -0.2) is 0 Å². The summed E-state index contributed by atoms with van der Waals surface area (Å²) in [7, 11) is 1.66. The number of amides is 1. The Bertz CT molecular complexity index is 1090. The highest BCUT2D eigenvalue weighted by atomic mass is 35.5. The van der Waals surface area contributed by atoms with Crippen LogP contribution in [-0.2, 0) is 4.79 Å². The van der Waals surface area contributed by atoms with Gasteiger partial charge in [0.05, 0.1) is 17.2 Å². The monoisotopic (exact) mass is 430 g/mol. The topological polar surface area (TPSA) is 54.6 Å². The number of nitrogens with one attached hydrogen (secondary N) is 1. The van der Waals surface area contributed by atoms with Crippen molar-refractivity contribution in [3.63, 3.8) is 0 Å². The number of fused-ring (bicyclic) bond motifs is 1. The lowest BCUT2D eigenvalue weighted by Gasteiger charge is -2.26.